The maximum absolute atomic E-state index is 5.36. The molecule has 1 heterocycles. The molecule has 0 radical (unpaired) electrons. The van der Waals surface area contributed by atoms with E-state index in [1.165, 1.54) is 16.7 Å². The molecule has 1 heteroatoms. The highest BCUT2D eigenvalue weighted by atomic mass is 16.5. The highest BCUT2D eigenvalue weighted by Crippen LogP contribution is 2.34. The summed E-state index contributed by atoms with van der Waals surface area (Å²) in [4.78, 5) is 0. The van der Waals surface area contributed by atoms with Gasteiger partial charge >= 0.3 is 0 Å². The molecule has 2 rings (SSSR count). The number of ether oxygens (including phenoxy) is 1. The van der Waals surface area contributed by atoms with Gasteiger partial charge in [0.25, 0.3) is 0 Å². The molecule has 0 spiro atoms. The second-order valence-electron chi connectivity index (χ2n) is 2.76. The average molecular weight is 134 g/mol. The van der Waals surface area contributed by atoms with Gasteiger partial charge in [-0.3, -0.25) is 0 Å². The zero-order valence-corrected chi connectivity index (χ0v) is 6.27. The van der Waals surface area contributed by atoms with E-state index >= 15 is 0 Å². The minimum absolute atomic E-state index is 0.773. The maximum atomic E-state index is 5.36. The van der Waals surface area contributed by atoms with Crippen molar-refractivity contribution in [3.8, 4) is 0 Å². The lowest BCUT2D eigenvalue weighted by Crippen LogP contribution is -1.82. The third-order valence-electron chi connectivity index (χ3n) is 2.05. The predicted molar refractivity (Wildman–Crippen MR) is 40.5 cm³/mol. The Morgan fingerprint density at radius 2 is 2.10 bits per heavy atom. The topological polar surface area (TPSA) is 9.23 Å². The SMILES string of the molecule is CC1=CC=C2COC(C)=C12. The highest BCUT2D eigenvalue weighted by Gasteiger charge is 2.21. The summed E-state index contributed by atoms with van der Waals surface area (Å²) < 4.78 is 5.36. The molecule has 0 aromatic rings. The second-order valence-corrected chi connectivity index (χ2v) is 2.76. The van der Waals surface area contributed by atoms with E-state index in [-0.39, 0.29) is 0 Å². The molecule has 0 atom stereocenters. The van der Waals surface area contributed by atoms with Crippen LogP contribution >= 0.6 is 0 Å². The number of fused-ring (bicyclic) bond motifs is 1. The van der Waals surface area contributed by atoms with Gasteiger partial charge in [-0.25, -0.2) is 0 Å². The third-order valence-corrected chi connectivity index (χ3v) is 2.05. The van der Waals surface area contributed by atoms with Crippen molar-refractivity contribution in [1.82, 2.24) is 0 Å². The van der Waals surface area contributed by atoms with E-state index in [2.05, 4.69) is 19.1 Å². The lowest BCUT2D eigenvalue weighted by Gasteiger charge is -1.96. The molecule has 1 aliphatic carbocycles. The lowest BCUT2D eigenvalue weighted by atomic mass is 10.1. The van der Waals surface area contributed by atoms with Crippen molar-refractivity contribution in [3.05, 3.63) is 34.6 Å². The number of rotatable bonds is 0. The van der Waals surface area contributed by atoms with Gasteiger partial charge in [0.15, 0.2) is 0 Å². The summed E-state index contributed by atoms with van der Waals surface area (Å²) in [6.45, 7) is 4.92. The summed E-state index contributed by atoms with van der Waals surface area (Å²) in [6.07, 6.45) is 4.29. The average Bonchev–Trinajstić information content (AvgIpc) is 2.40. The molecule has 0 aromatic carbocycles. The van der Waals surface area contributed by atoms with Crippen LogP contribution in [0.1, 0.15) is 13.8 Å². The normalized spacial score (nSPS) is 22.2. The van der Waals surface area contributed by atoms with Gasteiger partial charge in [0, 0.05) is 11.1 Å². The molecule has 1 nitrogen and oxygen atoms in total. The monoisotopic (exact) mass is 134 g/mol. The third kappa shape index (κ3) is 0.576. The Morgan fingerprint density at radius 3 is 2.80 bits per heavy atom. The molecule has 2 aliphatic rings. The molecule has 52 valence electrons. The van der Waals surface area contributed by atoms with Gasteiger partial charge in [-0.2, -0.15) is 0 Å². The zero-order valence-electron chi connectivity index (χ0n) is 6.27. The predicted octanol–water partition coefficient (Wildman–Crippen LogP) is 2.18. The van der Waals surface area contributed by atoms with E-state index in [1.807, 2.05) is 6.92 Å². The maximum Gasteiger partial charge on any atom is 0.114 e. The highest BCUT2D eigenvalue weighted by molar-refractivity contribution is 5.57. The number of hydrogen-bond acceptors (Lipinski definition) is 1. The van der Waals surface area contributed by atoms with E-state index in [9.17, 15) is 0 Å². The molecule has 0 amide bonds. The first-order valence-corrected chi connectivity index (χ1v) is 3.51. The van der Waals surface area contributed by atoms with E-state index < -0.39 is 0 Å². The molecule has 0 bridgehead atoms. The fourth-order valence-corrected chi connectivity index (χ4v) is 1.53. The summed E-state index contributed by atoms with van der Waals surface area (Å²) >= 11 is 0. The largest absolute Gasteiger partial charge is 0.493 e. The van der Waals surface area contributed by atoms with Gasteiger partial charge in [-0.1, -0.05) is 12.2 Å². The molecular formula is C9H10O. The summed E-state index contributed by atoms with van der Waals surface area (Å²) in [5, 5.41) is 0. The second kappa shape index (κ2) is 1.75. The zero-order chi connectivity index (χ0) is 7.14. The van der Waals surface area contributed by atoms with Crippen molar-refractivity contribution >= 4 is 0 Å². The Labute approximate surface area is 60.7 Å². The number of allylic oxidation sites excluding steroid dienone is 4. The number of hydrogen-bond donors (Lipinski definition) is 0. The van der Waals surface area contributed by atoms with Crippen LogP contribution in [0.25, 0.3) is 0 Å². The Balaban J connectivity index is 2.53. The Morgan fingerprint density at radius 1 is 1.30 bits per heavy atom. The minimum Gasteiger partial charge on any atom is -0.493 e. The molecule has 0 unspecified atom stereocenters. The van der Waals surface area contributed by atoms with Crippen LogP contribution in [-0.4, -0.2) is 6.61 Å². The van der Waals surface area contributed by atoms with Crippen LogP contribution in [0.3, 0.4) is 0 Å². The fraction of sp³-hybridized carbons (Fsp3) is 0.333. The molecule has 0 saturated heterocycles. The van der Waals surface area contributed by atoms with Crippen molar-refractivity contribution in [2.75, 3.05) is 6.61 Å². The first-order chi connectivity index (χ1) is 4.79. The van der Waals surface area contributed by atoms with Crippen LogP contribution in [0.15, 0.2) is 34.6 Å². The van der Waals surface area contributed by atoms with E-state index in [1.54, 1.807) is 0 Å². The molecule has 0 aromatic heterocycles. The van der Waals surface area contributed by atoms with E-state index in [0.29, 0.717) is 0 Å². The quantitative estimate of drug-likeness (QED) is 0.493. The van der Waals surface area contributed by atoms with Crippen molar-refractivity contribution in [3.63, 3.8) is 0 Å². The molecule has 10 heavy (non-hydrogen) atoms. The van der Waals surface area contributed by atoms with Gasteiger partial charge < -0.3 is 4.74 Å². The van der Waals surface area contributed by atoms with Crippen LogP contribution < -0.4 is 0 Å². The van der Waals surface area contributed by atoms with E-state index in [0.717, 1.165) is 12.4 Å². The summed E-state index contributed by atoms with van der Waals surface area (Å²) in [5.41, 5.74) is 4.01. The first-order valence-electron chi connectivity index (χ1n) is 3.51. The van der Waals surface area contributed by atoms with Crippen molar-refractivity contribution in [1.29, 1.82) is 0 Å². The summed E-state index contributed by atoms with van der Waals surface area (Å²) in [6, 6.07) is 0. The Kier molecular flexibility index (Phi) is 1.01. The van der Waals surface area contributed by atoms with Gasteiger partial charge in [0.2, 0.25) is 0 Å². The Hall–Kier alpha value is -0.980. The van der Waals surface area contributed by atoms with Crippen LogP contribution in [-0.2, 0) is 4.74 Å². The standard InChI is InChI=1S/C9H10O/c1-6-3-4-8-5-10-7(2)9(6)8/h3-4H,5H2,1-2H3. The van der Waals surface area contributed by atoms with Crippen LogP contribution in [0.5, 0.6) is 0 Å². The first kappa shape index (κ1) is 5.78. The van der Waals surface area contributed by atoms with Crippen molar-refractivity contribution < 1.29 is 4.74 Å². The summed E-state index contributed by atoms with van der Waals surface area (Å²) in [5.74, 6) is 1.08. The van der Waals surface area contributed by atoms with Crippen LogP contribution in [0, 0.1) is 0 Å². The van der Waals surface area contributed by atoms with Gasteiger partial charge in [0.05, 0.1) is 0 Å². The molecule has 0 fully saturated rings. The Bertz CT molecular complexity index is 266. The van der Waals surface area contributed by atoms with Gasteiger partial charge in [-0.05, 0) is 19.4 Å². The smallest absolute Gasteiger partial charge is 0.114 e. The lowest BCUT2D eigenvalue weighted by molar-refractivity contribution is 0.263. The summed E-state index contributed by atoms with van der Waals surface area (Å²) in [7, 11) is 0. The molecule has 0 N–H and O–H groups in total. The fourth-order valence-electron chi connectivity index (χ4n) is 1.53. The molecule has 1 aliphatic heterocycles. The minimum atomic E-state index is 0.773. The molecular weight excluding hydrogens is 124 g/mol. The van der Waals surface area contributed by atoms with E-state index in [4.69, 9.17) is 4.74 Å². The van der Waals surface area contributed by atoms with Crippen molar-refractivity contribution in [2.45, 2.75) is 13.8 Å². The van der Waals surface area contributed by atoms with Gasteiger partial charge in [0.1, 0.15) is 12.4 Å². The van der Waals surface area contributed by atoms with Crippen LogP contribution in [0.2, 0.25) is 0 Å². The van der Waals surface area contributed by atoms with Gasteiger partial charge in [-0.15, -0.1) is 0 Å². The van der Waals surface area contributed by atoms with Crippen molar-refractivity contribution in [2.24, 2.45) is 0 Å². The molecule has 0 saturated carbocycles. The van der Waals surface area contributed by atoms with Crippen LogP contribution in [0.4, 0.5) is 0 Å².